The molecule has 1 aliphatic heterocycles. The number of hydrogen-bond donors (Lipinski definition) is 1. The van der Waals surface area contributed by atoms with Crippen molar-refractivity contribution in [2.24, 2.45) is 5.92 Å². The molecule has 21 heavy (non-hydrogen) atoms. The summed E-state index contributed by atoms with van der Waals surface area (Å²) in [4.78, 5) is 16.5. The molecule has 1 aromatic heterocycles. The largest absolute Gasteiger partial charge is 0.340 e. The monoisotopic (exact) mass is 309 g/mol. The Labute approximate surface area is 132 Å². The van der Waals surface area contributed by atoms with E-state index in [1.807, 2.05) is 11.9 Å². The van der Waals surface area contributed by atoms with Crippen LogP contribution in [0.3, 0.4) is 0 Å². The fraction of sp³-hybridized carbons (Fsp3) is 0.688. The Morgan fingerprint density at radius 2 is 2.38 bits per heavy atom. The predicted octanol–water partition coefficient (Wildman–Crippen LogP) is 2.03. The van der Waals surface area contributed by atoms with Crippen LogP contribution in [-0.4, -0.2) is 55.5 Å². The van der Waals surface area contributed by atoms with Gasteiger partial charge in [-0.3, -0.25) is 9.69 Å². The SMILES string of the molecule is CCN(CC(=O)N(C)Cc1ccsc1)CC1CCCNC1. The minimum Gasteiger partial charge on any atom is -0.340 e. The summed E-state index contributed by atoms with van der Waals surface area (Å²) in [6.45, 7) is 7.59. The highest BCUT2D eigenvalue weighted by Crippen LogP contribution is 2.12. The van der Waals surface area contributed by atoms with Gasteiger partial charge in [0.1, 0.15) is 0 Å². The molecule has 1 aliphatic rings. The minimum atomic E-state index is 0.215. The zero-order valence-electron chi connectivity index (χ0n) is 13.2. The van der Waals surface area contributed by atoms with Gasteiger partial charge in [-0.15, -0.1) is 0 Å². The normalized spacial score (nSPS) is 18.9. The van der Waals surface area contributed by atoms with Gasteiger partial charge >= 0.3 is 0 Å². The lowest BCUT2D eigenvalue weighted by Gasteiger charge is -2.30. The first-order valence-corrected chi connectivity index (χ1v) is 8.81. The van der Waals surface area contributed by atoms with Gasteiger partial charge in [-0.05, 0) is 60.8 Å². The van der Waals surface area contributed by atoms with E-state index in [0.29, 0.717) is 19.0 Å². The third-order valence-electron chi connectivity index (χ3n) is 4.15. The van der Waals surface area contributed by atoms with Gasteiger partial charge in [-0.2, -0.15) is 11.3 Å². The Bertz CT molecular complexity index is 415. The molecule has 4 nitrogen and oxygen atoms in total. The van der Waals surface area contributed by atoms with Gasteiger partial charge in [0.15, 0.2) is 0 Å². The van der Waals surface area contributed by atoms with Crippen molar-refractivity contribution in [3.05, 3.63) is 22.4 Å². The van der Waals surface area contributed by atoms with Gasteiger partial charge in [-0.25, -0.2) is 0 Å². The molecule has 0 radical (unpaired) electrons. The van der Waals surface area contributed by atoms with Crippen molar-refractivity contribution in [1.82, 2.24) is 15.1 Å². The highest BCUT2D eigenvalue weighted by molar-refractivity contribution is 7.07. The van der Waals surface area contributed by atoms with E-state index in [1.165, 1.54) is 18.4 Å². The van der Waals surface area contributed by atoms with Gasteiger partial charge in [0.05, 0.1) is 6.54 Å². The van der Waals surface area contributed by atoms with E-state index in [4.69, 9.17) is 0 Å². The molecule has 2 heterocycles. The lowest BCUT2D eigenvalue weighted by atomic mass is 9.99. The number of piperidine rings is 1. The second-order valence-electron chi connectivity index (χ2n) is 5.92. The molecule has 1 atom stereocenters. The summed E-state index contributed by atoms with van der Waals surface area (Å²) in [6, 6.07) is 2.08. The maximum atomic E-state index is 12.4. The quantitative estimate of drug-likeness (QED) is 0.837. The van der Waals surface area contributed by atoms with Crippen molar-refractivity contribution in [2.45, 2.75) is 26.3 Å². The number of thiophene rings is 1. The second kappa shape index (κ2) is 8.51. The molecule has 5 heteroatoms. The summed E-state index contributed by atoms with van der Waals surface area (Å²) in [5, 5.41) is 7.61. The number of likely N-dealkylation sites (N-methyl/N-ethyl adjacent to an activating group) is 2. The van der Waals surface area contributed by atoms with Crippen LogP contribution in [0, 0.1) is 5.92 Å². The highest BCUT2D eigenvalue weighted by Gasteiger charge is 2.19. The summed E-state index contributed by atoms with van der Waals surface area (Å²) in [5.74, 6) is 0.903. The van der Waals surface area contributed by atoms with Crippen LogP contribution in [0.25, 0.3) is 0 Å². The van der Waals surface area contributed by atoms with Crippen LogP contribution in [0.4, 0.5) is 0 Å². The van der Waals surface area contributed by atoms with E-state index in [0.717, 1.165) is 26.2 Å². The first-order valence-electron chi connectivity index (χ1n) is 7.87. The van der Waals surface area contributed by atoms with Crippen LogP contribution in [-0.2, 0) is 11.3 Å². The average molecular weight is 309 g/mol. The third kappa shape index (κ3) is 5.41. The Kier molecular flexibility index (Phi) is 6.67. The van der Waals surface area contributed by atoms with Crippen LogP contribution in [0.1, 0.15) is 25.3 Å². The Hall–Kier alpha value is -0.910. The molecule has 1 fully saturated rings. The van der Waals surface area contributed by atoms with Gasteiger partial charge in [0.2, 0.25) is 5.91 Å². The molecule has 0 bridgehead atoms. The summed E-state index contributed by atoms with van der Waals surface area (Å²) >= 11 is 1.68. The molecule has 1 unspecified atom stereocenters. The molecule has 0 aliphatic carbocycles. The molecule has 0 aromatic carbocycles. The number of hydrogen-bond acceptors (Lipinski definition) is 4. The molecule has 0 spiro atoms. The van der Waals surface area contributed by atoms with Crippen molar-refractivity contribution in [3.8, 4) is 0 Å². The van der Waals surface area contributed by atoms with Crippen LogP contribution in [0.5, 0.6) is 0 Å². The first kappa shape index (κ1) is 16.5. The molecule has 2 rings (SSSR count). The van der Waals surface area contributed by atoms with Crippen LogP contribution in [0.2, 0.25) is 0 Å². The van der Waals surface area contributed by atoms with Crippen molar-refractivity contribution in [3.63, 3.8) is 0 Å². The van der Waals surface area contributed by atoms with E-state index >= 15 is 0 Å². The fourth-order valence-corrected chi connectivity index (χ4v) is 3.47. The lowest BCUT2D eigenvalue weighted by molar-refractivity contribution is -0.131. The number of nitrogens with zero attached hydrogens (tertiary/aromatic N) is 2. The fourth-order valence-electron chi connectivity index (χ4n) is 2.81. The van der Waals surface area contributed by atoms with E-state index in [1.54, 1.807) is 11.3 Å². The van der Waals surface area contributed by atoms with E-state index in [9.17, 15) is 4.79 Å². The van der Waals surface area contributed by atoms with Gasteiger partial charge in [0, 0.05) is 20.1 Å². The first-order chi connectivity index (χ1) is 10.2. The average Bonchev–Trinajstić information content (AvgIpc) is 3.00. The Morgan fingerprint density at radius 3 is 3.00 bits per heavy atom. The molecule has 1 saturated heterocycles. The number of carbonyl (C=O) groups excluding carboxylic acids is 1. The summed E-state index contributed by atoms with van der Waals surface area (Å²) in [7, 11) is 1.90. The number of rotatable bonds is 7. The summed E-state index contributed by atoms with van der Waals surface area (Å²) in [6.07, 6.45) is 2.54. The van der Waals surface area contributed by atoms with Crippen molar-refractivity contribution in [2.75, 3.05) is 39.8 Å². The molecular formula is C16H27N3OS. The number of nitrogens with one attached hydrogen (secondary N) is 1. The topological polar surface area (TPSA) is 35.6 Å². The van der Waals surface area contributed by atoms with Crippen LogP contribution < -0.4 is 5.32 Å². The van der Waals surface area contributed by atoms with Crippen LogP contribution in [0.15, 0.2) is 16.8 Å². The number of amides is 1. The van der Waals surface area contributed by atoms with Crippen molar-refractivity contribution < 1.29 is 4.79 Å². The smallest absolute Gasteiger partial charge is 0.236 e. The zero-order chi connectivity index (χ0) is 15.1. The minimum absolute atomic E-state index is 0.215. The summed E-state index contributed by atoms with van der Waals surface area (Å²) < 4.78 is 0. The molecular weight excluding hydrogens is 282 g/mol. The summed E-state index contributed by atoms with van der Waals surface area (Å²) in [5.41, 5.74) is 1.22. The lowest BCUT2D eigenvalue weighted by Crippen LogP contribution is -2.43. The van der Waals surface area contributed by atoms with Gasteiger partial charge < -0.3 is 10.2 Å². The van der Waals surface area contributed by atoms with Crippen LogP contribution >= 0.6 is 11.3 Å². The molecule has 1 N–H and O–H groups in total. The van der Waals surface area contributed by atoms with E-state index in [-0.39, 0.29) is 5.91 Å². The van der Waals surface area contributed by atoms with Gasteiger partial charge in [-0.1, -0.05) is 6.92 Å². The second-order valence-corrected chi connectivity index (χ2v) is 6.70. The molecule has 1 aromatic rings. The van der Waals surface area contributed by atoms with E-state index in [2.05, 4.69) is 34.0 Å². The third-order valence-corrected chi connectivity index (χ3v) is 4.88. The standard InChI is InChI=1S/C16H27N3OS/c1-3-19(11-14-5-4-7-17-9-14)12-16(20)18(2)10-15-6-8-21-13-15/h6,8,13-14,17H,3-5,7,9-12H2,1-2H3. The van der Waals surface area contributed by atoms with Gasteiger partial charge in [0.25, 0.3) is 0 Å². The Morgan fingerprint density at radius 1 is 1.52 bits per heavy atom. The highest BCUT2D eigenvalue weighted by atomic mass is 32.1. The molecule has 1 amide bonds. The maximum absolute atomic E-state index is 12.4. The number of carbonyl (C=O) groups is 1. The van der Waals surface area contributed by atoms with Crippen molar-refractivity contribution >= 4 is 17.2 Å². The van der Waals surface area contributed by atoms with Crippen molar-refractivity contribution in [1.29, 1.82) is 0 Å². The Balaban J connectivity index is 1.78. The van der Waals surface area contributed by atoms with E-state index < -0.39 is 0 Å². The maximum Gasteiger partial charge on any atom is 0.236 e. The predicted molar refractivity (Wildman–Crippen MR) is 88.5 cm³/mol. The molecule has 118 valence electrons. The molecule has 0 saturated carbocycles. The zero-order valence-corrected chi connectivity index (χ0v) is 14.0.